The van der Waals surface area contributed by atoms with E-state index in [-0.39, 0.29) is 11.7 Å². The number of oxime groups is 1. The van der Waals surface area contributed by atoms with Gasteiger partial charge in [-0.25, -0.2) is 0 Å². The van der Waals surface area contributed by atoms with E-state index in [9.17, 15) is 4.79 Å². The number of nitrogens with two attached hydrogens (primary N) is 1. The van der Waals surface area contributed by atoms with Gasteiger partial charge in [-0.05, 0) is 26.7 Å². The Labute approximate surface area is 117 Å². The minimum Gasteiger partial charge on any atom is -0.409 e. The van der Waals surface area contributed by atoms with Gasteiger partial charge in [-0.1, -0.05) is 23.2 Å². The van der Waals surface area contributed by atoms with Crippen molar-refractivity contribution in [3.63, 3.8) is 0 Å². The molecule has 1 aromatic rings. The zero-order valence-electron chi connectivity index (χ0n) is 11.8. The molecular weight excluding hydrogens is 260 g/mol. The number of hydrogen-bond acceptors (Lipinski definition) is 5. The van der Waals surface area contributed by atoms with Gasteiger partial charge in [-0.2, -0.15) is 0 Å². The first-order chi connectivity index (χ1) is 9.51. The Hall–Kier alpha value is -2.05. The van der Waals surface area contributed by atoms with Crippen LogP contribution in [0.1, 0.15) is 42.7 Å². The van der Waals surface area contributed by atoms with Crippen LogP contribution < -0.4 is 11.1 Å². The first kappa shape index (κ1) is 14.4. The third-order valence-electron chi connectivity index (χ3n) is 4.10. The average Bonchev–Trinajstić information content (AvgIpc) is 3.05. The molecule has 1 amide bonds. The molecule has 0 aromatic carbocycles. The average molecular weight is 280 g/mol. The van der Waals surface area contributed by atoms with Crippen molar-refractivity contribution in [2.75, 3.05) is 0 Å². The Bertz CT molecular complexity index is 510. The fraction of sp³-hybridized carbons (Fsp3) is 0.615. The highest BCUT2D eigenvalue weighted by molar-refractivity contribution is 6.07. The van der Waals surface area contributed by atoms with Gasteiger partial charge in [0.15, 0.2) is 5.84 Å². The molecule has 2 rings (SSSR count). The van der Waals surface area contributed by atoms with Crippen molar-refractivity contribution in [3.8, 4) is 0 Å². The Morgan fingerprint density at radius 1 is 1.50 bits per heavy atom. The molecule has 0 spiro atoms. The fourth-order valence-electron chi connectivity index (χ4n) is 2.77. The molecule has 7 heteroatoms. The van der Waals surface area contributed by atoms with E-state index < -0.39 is 5.41 Å². The molecule has 20 heavy (non-hydrogen) atoms. The number of aryl methyl sites for hydroxylation is 2. The van der Waals surface area contributed by atoms with Crippen molar-refractivity contribution >= 4 is 11.7 Å². The van der Waals surface area contributed by atoms with Crippen LogP contribution in [0.4, 0.5) is 0 Å². The van der Waals surface area contributed by atoms with Crippen LogP contribution in [0.5, 0.6) is 0 Å². The van der Waals surface area contributed by atoms with E-state index in [2.05, 4.69) is 15.6 Å². The third-order valence-corrected chi connectivity index (χ3v) is 4.10. The predicted octanol–water partition coefficient (Wildman–Crippen LogP) is 1.21. The largest absolute Gasteiger partial charge is 0.409 e. The Morgan fingerprint density at radius 2 is 2.15 bits per heavy atom. The second-order valence-electron chi connectivity index (χ2n) is 5.26. The lowest BCUT2D eigenvalue weighted by molar-refractivity contribution is -0.127. The van der Waals surface area contributed by atoms with Gasteiger partial charge >= 0.3 is 0 Å². The molecule has 0 unspecified atom stereocenters. The van der Waals surface area contributed by atoms with Gasteiger partial charge in [-0.15, -0.1) is 0 Å². The molecular formula is C13H20N4O3. The predicted molar refractivity (Wildman–Crippen MR) is 72.1 cm³/mol. The number of rotatable bonds is 4. The summed E-state index contributed by atoms with van der Waals surface area (Å²) in [4.78, 5) is 12.5. The summed E-state index contributed by atoms with van der Waals surface area (Å²) in [6, 6.07) is 0. The van der Waals surface area contributed by atoms with Crippen LogP contribution in [0.3, 0.4) is 0 Å². The normalized spacial score (nSPS) is 18.2. The SMILES string of the molecule is Cc1noc(C)c1CNC(=O)C1(C(N)=NO)CCCC1. The van der Waals surface area contributed by atoms with E-state index >= 15 is 0 Å². The van der Waals surface area contributed by atoms with Gasteiger partial charge in [0.05, 0.1) is 5.69 Å². The third kappa shape index (κ3) is 2.35. The second-order valence-corrected chi connectivity index (χ2v) is 5.26. The maximum atomic E-state index is 12.5. The van der Waals surface area contributed by atoms with Crippen LogP contribution in [0.25, 0.3) is 0 Å². The van der Waals surface area contributed by atoms with E-state index in [0.29, 0.717) is 25.1 Å². The summed E-state index contributed by atoms with van der Waals surface area (Å²) in [5, 5.41) is 18.7. The molecule has 1 aliphatic rings. The second kappa shape index (κ2) is 5.52. The molecule has 4 N–H and O–H groups in total. The van der Waals surface area contributed by atoms with Gasteiger partial charge in [0.1, 0.15) is 11.2 Å². The van der Waals surface area contributed by atoms with Crippen molar-refractivity contribution < 1.29 is 14.5 Å². The van der Waals surface area contributed by atoms with E-state index in [0.717, 1.165) is 24.1 Å². The molecule has 1 fully saturated rings. The van der Waals surface area contributed by atoms with Crippen LogP contribution in [0.15, 0.2) is 9.68 Å². The molecule has 110 valence electrons. The van der Waals surface area contributed by atoms with Crippen LogP contribution in [0.2, 0.25) is 0 Å². The maximum absolute atomic E-state index is 12.5. The minimum absolute atomic E-state index is 0.00809. The van der Waals surface area contributed by atoms with Gasteiger partial charge in [-0.3, -0.25) is 4.79 Å². The molecule has 0 bridgehead atoms. The van der Waals surface area contributed by atoms with E-state index in [1.54, 1.807) is 6.92 Å². The molecule has 1 saturated carbocycles. The first-order valence-electron chi connectivity index (χ1n) is 6.69. The van der Waals surface area contributed by atoms with Crippen molar-refractivity contribution in [1.82, 2.24) is 10.5 Å². The summed E-state index contributed by atoms with van der Waals surface area (Å²) < 4.78 is 5.06. The molecule has 0 radical (unpaired) electrons. The fourth-order valence-corrected chi connectivity index (χ4v) is 2.77. The number of amidine groups is 1. The standard InChI is InChI=1S/C13H20N4O3/c1-8-10(9(2)20-17-8)7-15-12(18)13(11(14)16-19)5-3-4-6-13/h19H,3-7H2,1-2H3,(H2,14,16)(H,15,18). The van der Waals surface area contributed by atoms with Crippen molar-refractivity contribution in [2.45, 2.75) is 46.1 Å². The van der Waals surface area contributed by atoms with Gasteiger partial charge < -0.3 is 20.8 Å². The molecule has 1 heterocycles. The van der Waals surface area contributed by atoms with Crippen LogP contribution in [-0.4, -0.2) is 22.1 Å². The van der Waals surface area contributed by atoms with E-state index in [4.69, 9.17) is 15.5 Å². The van der Waals surface area contributed by atoms with Gasteiger partial charge in [0, 0.05) is 12.1 Å². The topological polar surface area (TPSA) is 114 Å². The van der Waals surface area contributed by atoms with E-state index in [1.165, 1.54) is 0 Å². The Balaban J connectivity index is 2.11. The minimum atomic E-state index is -0.881. The molecule has 1 aromatic heterocycles. The molecule has 7 nitrogen and oxygen atoms in total. The summed E-state index contributed by atoms with van der Waals surface area (Å²) in [7, 11) is 0. The van der Waals surface area contributed by atoms with Crippen molar-refractivity contribution in [1.29, 1.82) is 0 Å². The quantitative estimate of drug-likeness (QED) is 0.332. The van der Waals surface area contributed by atoms with Crippen LogP contribution >= 0.6 is 0 Å². The highest BCUT2D eigenvalue weighted by Crippen LogP contribution is 2.38. The monoisotopic (exact) mass is 280 g/mol. The summed E-state index contributed by atoms with van der Waals surface area (Å²) in [6.45, 7) is 3.96. The highest BCUT2D eigenvalue weighted by Gasteiger charge is 2.45. The molecule has 1 aliphatic carbocycles. The number of carbonyl (C=O) groups is 1. The molecule has 0 atom stereocenters. The smallest absolute Gasteiger partial charge is 0.234 e. The Morgan fingerprint density at radius 3 is 2.65 bits per heavy atom. The first-order valence-corrected chi connectivity index (χ1v) is 6.69. The van der Waals surface area contributed by atoms with Gasteiger partial charge in [0.25, 0.3) is 0 Å². The lowest BCUT2D eigenvalue weighted by atomic mass is 9.83. The van der Waals surface area contributed by atoms with Crippen molar-refractivity contribution in [2.24, 2.45) is 16.3 Å². The maximum Gasteiger partial charge on any atom is 0.234 e. The number of aromatic nitrogens is 1. The summed E-state index contributed by atoms with van der Waals surface area (Å²) in [5.41, 5.74) is 6.47. The number of hydrogen-bond donors (Lipinski definition) is 3. The lowest BCUT2D eigenvalue weighted by Crippen LogP contribution is -2.48. The summed E-state index contributed by atoms with van der Waals surface area (Å²) >= 11 is 0. The van der Waals surface area contributed by atoms with Crippen LogP contribution in [0, 0.1) is 19.3 Å². The zero-order chi connectivity index (χ0) is 14.8. The Kier molecular flexibility index (Phi) is 3.96. The van der Waals surface area contributed by atoms with Crippen molar-refractivity contribution in [3.05, 3.63) is 17.0 Å². The molecule has 0 aliphatic heterocycles. The number of amides is 1. The van der Waals surface area contributed by atoms with E-state index in [1.807, 2.05) is 6.92 Å². The lowest BCUT2D eigenvalue weighted by Gasteiger charge is -2.25. The number of nitrogens with one attached hydrogen (secondary N) is 1. The summed E-state index contributed by atoms with van der Waals surface area (Å²) in [5.74, 6) is 0.476. The number of nitrogens with zero attached hydrogens (tertiary/aromatic N) is 2. The van der Waals surface area contributed by atoms with Crippen LogP contribution in [-0.2, 0) is 11.3 Å². The number of carbonyl (C=O) groups excluding carboxylic acids is 1. The zero-order valence-corrected chi connectivity index (χ0v) is 11.8. The molecule has 0 saturated heterocycles. The summed E-state index contributed by atoms with van der Waals surface area (Å²) in [6.07, 6.45) is 3.01. The highest BCUT2D eigenvalue weighted by atomic mass is 16.5. The van der Waals surface area contributed by atoms with Gasteiger partial charge in [0.2, 0.25) is 5.91 Å².